The van der Waals surface area contributed by atoms with Crippen LogP contribution in [0, 0.1) is 5.82 Å². The Morgan fingerprint density at radius 1 is 1.61 bits per heavy atom. The minimum Gasteiger partial charge on any atom is -0.443 e. The highest BCUT2D eigenvalue weighted by molar-refractivity contribution is 6.64. The van der Waals surface area contributed by atoms with Gasteiger partial charge in [-0.1, -0.05) is 0 Å². The van der Waals surface area contributed by atoms with Gasteiger partial charge >= 0.3 is 11.7 Å². The third kappa shape index (κ3) is 3.98. The standard InChI is InChI=1S/C8H8BFN3O5/c10-5-2-13(8(17)12-7(5)16)4-18-6(15)1-11-9-3-14/h2-3,11H,1,4H2,(H,12,16,17). The molecule has 95 valence electrons. The van der Waals surface area contributed by atoms with Crippen molar-refractivity contribution >= 4 is 19.6 Å². The summed E-state index contributed by atoms with van der Waals surface area (Å²) in [6, 6.07) is 0. The number of hydrogen-bond acceptors (Lipinski definition) is 6. The van der Waals surface area contributed by atoms with Crippen molar-refractivity contribution < 1.29 is 18.7 Å². The molecule has 0 saturated heterocycles. The van der Waals surface area contributed by atoms with Crippen molar-refractivity contribution in [2.75, 3.05) is 6.54 Å². The third-order valence-electron chi connectivity index (χ3n) is 1.76. The van der Waals surface area contributed by atoms with Crippen molar-refractivity contribution in [2.45, 2.75) is 6.73 Å². The highest BCUT2D eigenvalue weighted by Crippen LogP contribution is 1.86. The maximum atomic E-state index is 12.8. The Morgan fingerprint density at radius 3 is 3.00 bits per heavy atom. The Kier molecular flexibility index (Phi) is 4.99. The number of hydrogen-bond donors (Lipinski definition) is 2. The number of halogens is 1. The van der Waals surface area contributed by atoms with Gasteiger partial charge in [0.05, 0.1) is 18.9 Å². The Morgan fingerprint density at radius 2 is 2.33 bits per heavy atom. The molecule has 2 N–H and O–H groups in total. The van der Waals surface area contributed by atoms with Gasteiger partial charge in [-0.25, -0.2) is 4.79 Å². The van der Waals surface area contributed by atoms with E-state index in [0.717, 1.165) is 7.41 Å². The maximum absolute atomic E-state index is 12.8. The number of aromatic amines is 1. The van der Waals surface area contributed by atoms with E-state index in [0.29, 0.717) is 16.9 Å². The first-order valence-corrected chi connectivity index (χ1v) is 4.70. The van der Waals surface area contributed by atoms with Gasteiger partial charge < -0.3 is 14.8 Å². The lowest BCUT2D eigenvalue weighted by molar-refractivity contribution is -0.146. The van der Waals surface area contributed by atoms with Gasteiger partial charge in [0.1, 0.15) is 0 Å². The quantitative estimate of drug-likeness (QED) is 0.253. The van der Waals surface area contributed by atoms with Gasteiger partial charge in [0, 0.05) is 0 Å². The van der Waals surface area contributed by atoms with Crippen molar-refractivity contribution in [3.8, 4) is 0 Å². The summed E-state index contributed by atoms with van der Waals surface area (Å²) in [5.41, 5.74) is -2.05. The van der Waals surface area contributed by atoms with Crippen LogP contribution in [0.2, 0.25) is 0 Å². The summed E-state index contributed by atoms with van der Waals surface area (Å²) in [6.45, 7) is -0.826. The molecule has 0 amide bonds. The number of carbonyl (C=O) groups excluding carboxylic acids is 2. The average Bonchev–Trinajstić information content (AvgIpc) is 2.32. The molecule has 1 aromatic rings. The van der Waals surface area contributed by atoms with Gasteiger partial charge in [-0.05, 0) is 0 Å². The predicted molar refractivity (Wildman–Crippen MR) is 57.9 cm³/mol. The van der Waals surface area contributed by atoms with Gasteiger partial charge in [-0.3, -0.25) is 19.1 Å². The van der Waals surface area contributed by atoms with E-state index in [1.807, 2.05) is 0 Å². The Balaban J connectivity index is 2.56. The normalized spacial score (nSPS) is 9.83. The molecule has 0 saturated carbocycles. The van der Waals surface area contributed by atoms with Crippen molar-refractivity contribution in [2.24, 2.45) is 0 Å². The summed E-state index contributed by atoms with van der Waals surface area (Å²) in [7, 11) is 0.993. The molecule has 0 unspecified atom stereocenters. The number of nitrogens with zero attached hydrogens (tertiary/aromatic N) is 1. The smallest absolute Gasteiger partial charge is 0.331 e. The van der Waals surface area contributed by atoms with Gasteiger partial charge in [-0.15, -0.1) is 0 Å². The van der Waals surface area contributed by atoms with E-state index >= 15 is 0 Å². The molecule has 0 aliphatic carbocycles. The second kappa shape index (κ2) is 6.50. The van der Waals surface area contributed by atoms with Crippen LogP contribution in [-0.2, 0) is 21.1 Å². The fourth-order valence-corrected chi connectivity index (χ4v) is 0.962. The minimum atomic E-state index is -1.17. The molecule has 0 aromatic carbocycles. The lowest BCUT2D eigenvalue weighted by atomic mass is 9.99. The van der Waals surface area contributed by atoms with Crippen LogP contribution >= 0.6 is 0 Å². The number of aromatic nitrogens is 2. The molecule has 1 rings (SSSR count). The molecule has 0 atom stereocenters. The van der Waals surface area contributed by atoms with Crippen LogP contribution in [0.1, 0.15) is 0 Å². The zero-order chi connectivity index (χ0) is 13.5. The van der Waals surface area contributed by atoms with E-state index < -0.39 is 29.8 Å². The van der Waals surface area contributed by atoms with E-state index in [2.05, 4.69) is 9.96 Å². The van der Waals surface area contributed by atoms with Crippen LogP contribution in [0.15, 0.2) is 15.8 Å². The third-order valence-corrected chi connectivity index (χ3v) is 1.76. The Hall–Kier alpha value is -2.23. The van der Waals surface area contributed by atoms with Crippen molar-refractivity contribution in [1.29, 1.82) is 0 Å². The van der Waals surface area contributed by atoms with Crippen LogP contribution in [-0.4, -0.2) is 35.7 Å². The van der Waals surface area contributed by atoms with Crippen LogP contribution in [0.4, 0.5) is 4.39 Å². The number of H-pyrrole nitrogens is 1. The SMILES string of the molecule is O=C[B]NCC(=O)OCn1cc(F)c(=O)[nH]c1=O. The summed E-state index contributed by atoms with van der Waals surface area (Å²) in [6.07, 6.45) is 1.06. The predicted octanol–water partition coefficient (Wildman–Crippen LogP) is -2.42. The fraction of sp³-hybridized carbons (Fsp3) is 0.250. The van der Waals surface area contributed by atoms with Crippen LogP contribution in [0.5, 0.6) is 0 Å². The molecule has 0 bridgehead atoms. The molecular formula is C8H8BFN3O5. The molecular weight excluding hydrogens is 248 g/mol. The highest BCUT2D eigenvalue weighted by atomic mass is 19.1. The van der Waals surface area contributed by atoms with E-state index in [9.17, 15) is 23.6 Å². The number of esters is 1. The summed E-state index contributed by atoms with van der Waals surface area (Å²) in [5, 5.41) is 2.32. The lowest BCUT2D eigenvalue weighted by Gasteiger charge is -2.06. The second-order valence-electron chi connectivity index (χ2n) is 3.04. The van der Waals surface area contributed by atoms with E-state index in [-0.39, 0.29) is 6.54 Å². The first-order valence-electron chi connectivity index (χ1n) is 4.70. The monoisotopic (exact) mass is 256 g/mol. The van der Waals surface area contributed by atoms with Crippen LogP contribution < -0.4 is 16.5 Å². The molecule has 8 nitrogen and oxygen atoms in total. The topological polar surface area (TPSA) is 110 Å². The number of nitrogens with one attached hydrogen (secondary N) is 2. The number of carbonyl (C=O) groups is 2. The molecule has 0 aliphatic heterocycles. The van der Waals surface area contributed by atoms with Gasteiger partial charge in [0.2, 0.25) is 5.82 Å². The van der Waals surface area contributed by atoms with Crippen molar-refractivity contribution in [3.63, 3.8) is 0 Å². The van der Waals surface area contributed by atoms with Gasteiger partial charge in [0.15, 0.2) is 6.73 Å². The summed E-state index contributed by atoms with van der Waals surface area (Å²) < 4.78 is 18.1. The summed E-state index contributed by atoms with van der Waals surface area (Å²) in [5.74, 6) is -1.93. The maximum Gasteiger partial charge on any atom is 0.331 e. The van der Waals surface area contributed by atoms with Gasteiger partial charge in [-0.2, -0.15) is 4.39 Å². The Labute approximate surface area is 100 Å². The number of rotatable bonds is 6. The molecule has 1 heterocycles. The number of ether oxygens (including phenoxy) is 1. The Bertz CT molecular complexity index is 554. The summed E-state index contributed by atoms with van der Waals surface area (Å²) >= 11 is 0. The first kappa shape index (κ1) is 13.8. The molecule has 1 aromatic heterocycles. The van der Waals surface area contributed by atoms with E-state index in [1.54, 1.807) is 4.98 Å². The first-order chi connectivity index (χ1) is 8.54. The van der Waals surface area contributed by atoms with E-state index in [4.69, 9.17) is 0 Å². The molecule has 0 aliphatic rings. The average molecular weight is 256 g/mol. The molecule has 0 fully saturated rings. The highest BCUT2D eigenvalue weighted by Gasteiger charge is 2.06. The van der Waals surface area contributed by atoms with Crippen LogP contribution in [0.25, 0.3) is 0 Å². The van der Waals surface area contributed by atoms with Crippen molar-refractivity contribution in [1.82, 2.24) is 14.8 Å². The van der Waals surface area contributed by atoms with Gasteiger partial charge in [0.25, 0.3) is 13.0 Å². The molecule has 0 spiro atoms. The molecule has 18 heavy (non-hydrogen) atoms. The zero-order valence-corrected chi connectivity index (χ0v) is 9.01. The fourth-order valence-electron chi connectivity index (χ4n) is 0.962. The van der Waals surface area contributed by atoms with E-state index in [1.165, 1.54) is 0 Å². The second-order valence-corrected chi connectivity index (χ2v) is 3.04. The van der Waals surface area contributed by atoms with Crippen molar-refractivity contribution in [3.05, 3.63) is 32.9 Å². The van der Waals surface area contributed by atoms with Crippen LogP contribution in [0.3, 0.4) is 0 Å². The minimum absolute atomic E-state index is 0.278. The molecule has 1 radical (unpaired) electrons. The largest absolute Gasteiger partial charge is 0.443 e. The zero-order valence-electron chi connectivity index (χ0n) is 9.01. The molecule has 10 heteroatoms. The lowest BCUT2D eigenvalue weighted by Crippen LogP contribution is -2.34. The summed E-state index contributed by atoms with van der Waals surface area (Å²) in [4.78, 5) is 44.5.